The topological polar surface area (TPSA) is 171 Å². The molecule has 1 saturated carbocycles. The first kappa shape index (κ1) is 31.3. The van der Waals surface area contributed by atoms with Gasteiger partial charge in [0.05, 0.1) is 6.33 Å². The molecule has 1 heterocycles. The Morgan fingerprint density at radius 2 is 1.52 bits per heavy atom. The number of amidine groups is 1. The number of alkyl halides is 6. The molecule has 4 rings (SSSR count). The molecule has 0 bridgehead atoms. The minimum Gasteiger partial charge on any atom is -0.475 e. The lowest BCUT2D eigenvalue weighted by Crippen LogP contribution is -2.21. The zero-order chi connectivity index (χ0) is 30.3. The summed E-state index contributed by atoms with van der Waals surface area (Å²) in [5.41, 5.74) is 9.08. The van der Waals surface area contributed by atoms with Crippen LogP contribution in [0.4, 0.5) is 32.0 Å². The summed E-state index contributed by atoms with van der Waals surface area (Å²) in [4.78, 5) is 34.3. The number of carboxylic acid groups (broad SMARTS) is 2. The van der Waals surface area contributed by atoms with Crippen molar-refractivity contribution in [3.63, 3.8) is 0 Å². The zero-order valence-corrected chi connectivity index (χ0v) is 20.1. The van der Waals surface area contributed by atoms with E-state index in [1.165, 1.54) is 0 Å². The smallest absolute Gasteiger partial charge is 0.475 e. The Kier molecular flexibility index (Phi) is 10.0. The van der Waals surface area contributed by atoms with Crippen LogP contribution in [0.5, 0.6) is 0 Å². The second-order valence-electron chi connectivity index (χ2n) is 8.10. The molecule has 6 N–H and O–H groups in total. The maximum atomic E-state index is 12.5. The minimum atomic E-state index is -5.08. The first-order valence-electron chi connectivity index (χ1n) is 10.9. The molecule has 1 amide bonds. The number of nitrogens with zero attached hydrogens (tertiary/aromatic N) is 2. The summed E-state index contributed by atoms with van der Waals surface area (Å²) in [5, 5.41) is 24.8. The fraction of sp³-hybridized carbons (Fsp3) is 0.208. The highest BCUT2D eigenvalue weighted by Crippen LogP contribution is 2.48. The molecule has 3 aromatic rings. The summed E-state index contributed by atoms with van der Waals surface area (Å²) in [7, 11) is 0. The van der Waals surface area contributed by atoms with Crippen LogP contribution in [0.2, 0.25) is 0 Å². The number of amides is 1. The number of benzene rings is 2. The first-order chi connectivity index (χ1) is 18.5. The second-order valence-corrected chi connectivity index (χ2v) is 8.10. The van der Waals surface area contributed by atoms with E-state index in [2.05, 4.69) is 10.3 Å². The molecule has 2 aromatic carbocycles. The van der Waals surface area contributed by atoms with Crippen LogP contribution in [0.25, 0.3) is 5.69 Å². The Labute approximate surface area is 221 Å². The lowest BCUT2D eigenvalue weighted by atomic mass is 10.0. The Morgan fingerprint density at radius 1 is 0.975 bits per heavy atom. The molecule has 0 spiro atoms. The van der Waals surface area contributed by atoms with Crippen LogP contribution >= 0.6 is 0 Å². The number of nitrogens with one attached hydrogen (secondary N) is 2. The highest BCUT2D eigenvalue weighted by atomic mass is 19.4. The van der Waals surface area contributed by atoms with Gasteiger partial charge in [-0.05, 0) is 48.2 Å². The number of rotatable bonds is 5. The Bertz CT molecular complexity index is 1320. The van der Waals surface area contributed by atoms with Crippen LogP contribution in [0.3, 0.4) is 0 Å². The van der Waals surface area contributed by atoms with Gasteiger partial charge in [0, 0.05) is 35.2 Å². The lowest BCUT2D eigenvalue weighted by Gasteiger charge is -2.07. The summed E-state index contributed by atoms with van der Waals surface area (Å²) in [5.74, 6) is -5.28. The van der Waals surface area contributed by atoms with E-state index in [9.17, 15) is 31.1 Å². The van der Waals surface area contributed by atoms with Crippen molar-refractivity contribution in [2.24, 2.45) is 11.7 Å². The third kappa shape index (κ3) is 9.45. The van der Waals surface area contributed by atoms with E-state index in [4.69, 9.17) is 30.9 Å². The van der Waals surface area contributed by atoms with Gasteiger partial charge in [-0.1, -0.05) is 18.2 Å². The number of anilines is 1. The molecule has 1 aliphatic rings. The molecule has 0 radical (unpaired) electrons. The average Bonchev–Trinajstić information content (AvgIpc) is 3.49. The number of aliphatic carboxylic acids is 2. The van der Waals surface area contributed by atoms with Gasteiger partial charge >= 0.3 is 24.3 Å². The van der Waals surface area contributed by atoms with Gasteiger partial charge in [0.15, 0.2) is 0 Å². The van der Waals surface area contributed by atoms with Crippen molar-refractivity contribution in [2.75, 3.05) is 5.32 Å². The van der Waals surface area contributed by atoms with Crippen LogP contribution < -0.4 is 11.1 Å². The Hall–Kier alpha value is -4.89. The average molecular weight is 573 g/mol. The molecule has 10 nitrogen and oxygen atoms in total. The lowest BCUT2D eigenvalue weighted by molar-refractivity contribution is -0.193. The largest absolute Gasteiger partial charge is 0.490 e. The van der Waals surface area contributed by atoms with Crippen LogP contribution in [0.1, 0.15) is 23.5 Å². The van der Waals surface area contributed by atoms with Gasteiger partial charge < -0.3 is 25.8 Å². The maximum absolute atomic E-state index is 12.5. The minimum absolute atomic E-state index is 0.0265. The Morgan fingerprint density at radius 3 is 1.98 bits per heavy atom. The Balaban J connectivity index is 0.000000333. The van der Waals surface area contributed by atoms with Crippen LogP contribution in [-0.4, -0.2) is 55.8 Å². The molecule has 0 aliphatic heterocycles. The molecule has 1 aliphatic carbocycles. The fourth-order valence-electron chi connectivity index (χ4n) is 3.15. The van der Waals surface area contributed by atoms with Gasteiger partial charge in [-0.2, -0.15) is 26.3 Å². The van der Waals surface area contributed by atoms with Gasteiger partial charge in [-0.25, -0.2) is 14.6 Å². The van der Waals surface area contributed by atoms with Gasteiger partial charge in [0.25, 0.3) is 0 Å². The molecule has 214 valence electrons. The van der Waals surface area contributed by atoms with Crippen molar-refractivity contribution < 1.29 is 50.9 Å². The van der Waals surface area contributed by atoms with Crippen molar-refractivity contribution in [3.8, 4) is 5.69 Å². The number of hydrogen-bond acceptors (Lipinski definition) is 5. The molecule has 40 heavy (non-hydrogen) atoms. The summed E-state index contributed by atoms with van der Waals surface area (Å²) >= 11 is 0. The molecule has 1 fully saturated rings. The fourth-order valence-corrected chi connectivity index (χ4v) is 3.15. The second kappa shape index (κ2) is 12.8. The number of nitrogen functional groups attached to an aromatic ring is 1. The van der Waals surface area contributed by atoms with E-state index < -0.39 is 24.3 Å². The molecule has 0 saturated heterocycles. The highest BCUT2D eigenvalue weighted by molar-refractivity contribution is 5.96. The van der Waals surface area contributed by atoms with E-state index in [0.29, 0.717) is 5.56 Å². The number of carboxylic acids is 2. The SMILES string of the molecule is N=C(N)c1cccc([C@H]2C[C@H]2C(=O)Nc2ccc(-n3ccnc3)cc2)c1.O=C(O)C(F)(F)F.O=C(O)C(F)(F)F. The van der Waals surface area contributed by atoms with Gasteiger partial charge in [-0.3, -0.25) is 10.2 Å². The number of imidazole rings is 1. The first-order valence-corrected chi connectivity index (χ1v) is 10.9. The quantitative estimate of drug-likeness (QED) is 0.173. The van der Waals surface area contributed by atoms with Gasteiger partial charge in [0.1, 0.15) is 5.84 Å². The van der Waals surface area contributed by atoms with Crippen molar-refractivity contribution in [3.05, 3.63) is 78.4 Å². The predicted molar refractivity (Wildman–Crippen MR) is 128 cm³/mol. The molecular weight excluding hydrogens is 552 g/mol. The highest BCUT2D eigenvalue weighted by Gasteiger charge is 2.44. The normalized spacial score (nSPS) is 15.8. The number of carbonyl (C=O) groups is 3. The van der Waals surface area contributed by atoms with Gasteiger partial charge in [-0.15, -0.1) is 0 Å². The molecule has 16 heteroatoms. The molecule has 1 aromatic heterocycles. The van der Waals surface area contributed by atoms with E-state index in [1.807, 2.05) is 59.3 Å². The maximum Gasteiger partial charge on any atom is 0.490 e. The summed E-state index contributed by atoms with van der Waals surface area (Å²) in [6.07, 6.45) is -4.01. The number of hydrogen-bond donors (Lipinski definition) is 5. The molecule has 0 unspecified atom stereocenters. The third-order valence-electron chi connectivity index (χ3n) is 5.18. The number of carbonyl (C=O) groups excluding carboxylic acids is 1. The van der Waals surface area contributed by atoms with Crippen LogP contribution in [0.15, 0.2) is 67.3 Å². The summed E-state index contributed by atoms with van der Waals surface area (Å²) < 4.78 is 65.4. The summed E-state index contributed by atoms with van der Waals surface area (Å²) in [6.45, 7) is 0. The monoisotopic (exact) mass is 573 g/mol. The third-order valence-corrected chi connectivity index (χ3v) is 5.18. The predicted octanol–water partition coefficient (Wildman–Crippen LogP) is 4.17. The standard InChI is InChI=1S/C20H19N5O.2C2HF3O2/c21-19(22)14-3-1-2-13(10-14)17-11-18(17)20(26)24-15-4-6-16(7-5-15)25-9-8-23-12-25;2*3-2(4,5)1(6)7/h1-10,12,17-18H,11H2,(H3,21,22)(H,24,26);2*(H,6,7)/t17-,18-;;/m1../s1. The van der Waals surface area contributed by atoms with E-state index in [-0.39, 0.29) is 23.6 Å². The summed E-state index contributed by atoms with van der Waals surface area (Å²) in [6, 6.07) is 15.3. The van der Waals surface area contributed by atoms with Gasteiger partial charge in [0.2, 0.25) is 5.91 Å². The number of nitrogens with two attached hydrogens (primary N) is 1. The molecular formula is C24H21F6N5O5. The van der Waals surface area contributed by atoms with Crippen molar-refractivity contribution >= 4 is 29.4 Å². The van der Waals surface area contributed by atoms with Crippen LogP contribution in [-0.2, 0) is 14.4 Å². The van der Waals surface area contributed by atoms with E-state index >= 15 is 0 Å². The van der Waals surface area contributed by atoms with E-state index in [0.717, 1.165) is 23.4 Å². The number of halogens is 6. The zero-order valence-electron chi connectivity index (χ0n) is 20.1. The van der Waals surface area contributed by atoms with Crippen LogP contribution in [0, 0.1) is 11.3 Å². The van der Waals surface area contributed by atoms with E-state index in [1.54, 1.807) is 12.5 Å². The van der Waals surface area contributed by atoms with Crippen molar-refractivity contribution in [1.82, 2.24) is 9.55 Å². The van der Waals surface area contributed by atoms with Crippen molar-refractivity contribution in [2.45, 2.75) is 24.7 Å². The number of aromatic nitrogens is 2. The molecule has 2 atom stereocenters. The van der Waals surface area contributed by atoms with Crippen molar-refractivity contribution in [1.29, 1.82) is 5.41 Å².